The molecule has 0 spiro atoms. The van der Waals surface area contributed by atoms with E-state index in [-0.39, 0.29) is 18.0 Å². The molecule has 1 amide bonds. The Kier molecular flexibility index (Phi) is 6.71. The van der Waals surface area contributed by atoms with Gasteiger partial charge in [0, 0.05) is 39.1 Å². The molecule has 6 rings (SSSR count). The van der Waals surface area contributed by atoms with Gasteiger partial charge < -0.3 is 24.7 Å². The number of carbonyl (C=O) groups excluding carboxylic acids is 1. The van der Waals surface area contributed by atoms with Crippen molar-refractivity contribution in [3.63, 3.8) is 0 Å². The lowest BCUT2D eigenvalue weighted by molar-refractivity contribution is 0.0968. The maximum Gasteiger partial charge on any atom is 0.258 e. The van der Waals surface area contributed by atoms with Crippen molar-refractivity contribution in [3.05, 3.63) is 102 Å². The summed E-state index contributed by atoms with van der Waals surface area (Å²) in [6.07, 6.45) is 2.44. The van der Waals surface area contributed by atoms with Crippen LogP contribution in [0.2, 0.25) is 0 Å². The highest BCUT2D eigenvalue weighted by atomic mass is 16.5. The van der Waals surface area contributed by atoms with Crippen molar-refractivity contribution in [2.75, 3.05) is 25.7 Å². The van der Waals surface area contributed by atoms with Crippen LogP contribution in [0.4, 0.5) is 5.69 Å². The van der Waals surface area contributed by atoms with Crippen molar-refractivity contribution in [1.29, 1.82) is 0 Å². The molecule has 39 heavy (non-hydrogen) atoms. The molecular weight excluding hydrogens is 486 g/mol. The number of para-hydroxylation sites is 3. The van der Waals surface area contributed by atoms with Gasteiger partial charge in [-0.1, -0.05) is 54.6 Å². The highest BCUT2D eigenvalue weighted by Crippen LogP contribution is 2.45. The number of nitrogens with zero attached hydrogens (tertiary/aromatic N) is 2. The van der Waals surface area contributed by atoms with E-state index in [4.69, 9.17) is 15.2 Å². The number of aromatic nitrogens is 1. The van der Waals surface area contributed by atoms with Gasteiger partial charge in [-0.3, -0.25) is 4.79 Å². The predicted octanol–water partition coefficient (Wildman–Crippen LogP) is 6.56. The molecule has 2 unspecified atom stereocenters. The van der Waals surface area contributed by atoms with Crippen molar-refractivity contribution >= 4 is 33.4 Å². The lowest BCUT2D eigenvalue weighted by atomic mass is 9.87. The fourth-order valence-electron chi connectivity index (χ4n) is 6.19. The Balaban J connectivity index is 1.52. The van der Waals surface area contributed by atoms with Crippen LogP contribution >= 0.6 is 0 Å². The van der Waals surface area contributed by atoms with E-state index >= 15 is 0 Å². The number of ether oxygens (including phenoxy) is 2. The Morgan fingerprint density at radius 3 is 2.15 bits per heavy atom. The molecule has 0 bridgehead atoms. The standard InChI is InChI=1S/C33H33N3O3/c1-38-31-18-17-22(20-32(31)39-2)33(37)35-23(10-9-19-34)21-30(26-13-5-8-16-29(26)35)36-27-14-6-3-11-24(27)25-12-4-7-15-28(25)36/h3-8,11-18,20,23,30H,9-10,19,21,34H2,1-2H3. The van der Waals surface area contributed by atoms with Crippen molar-refractivity contribution in [3.8, 4) is 11.5 Å². The molecule has 6 heteroatoms. The summed E-state index contributed by atoms with van der Waals surface area (Å²) in [4.78, 5) is 16.2. The summed E-state index contributed by atoms with van der Waals surface area (Å²) in [6, 6.07) is 30.9. The molecule has 0 radical (unpaired) electrons. The first kappa shape index (κ1) is 25.0. The number of hydrogen-bond acceptors (Lipinski definition) is 4. The summed E-state index contributed by atoms with van der Waals surface area (Å²) in [5, 5.41) is 2.49. The number of amides is 1. The van der Waals surface area contributed by atoms with Gasteiger partial charge in [-0.2, -0.15) is 0 Å². The molecule has 0 aliphatic carbocycles. The number of rotatable bonds is 7. The summed E-state index contributed by atoms with van der Waals surface area (Å²) >= 11 is 0. The Morgan fingerprint density at radius 2 is 1.49 bits per heavy atom. The topological polar surface area (TPSA) is 69.7 Å². The van der Waals surface area contributed by atoms with E-state index in [9.17, 15) is 4.79 Å². The molecule has 4 aromatic carbocycles. The maximum absolute atomic E-state index is 14.2. The molecule has 5 aromatic rings. The molecule has 1 aliphatic rings. The minimum absolute atomic E-state index is 0.0195. The zero-order valence-corrected chi connectivity index (χ0v) is 22.3. The van der Waals surface area contributed by atoms with Gasteiger partial charge in [-0.25, -0.2) is 0 Å². The smallest absolute Gasteiger partial charge is 0.258 e. The summed E-state index contributed by atoms with van der Waals surface area (Å²) < 4.78 is 13.4. The number of carbonyl (C=O) groups is 1. The van der Waals surface area contributed by atoms with Crippen LogP contribution < -0.4 is 20.1 Å². The number of nitrogens with two attached hydrogens (primary N) is 1. The third-order valence-corrected chi connectivity index (χ3v) is 7.94. The highest BCUT2D eigenvalue weighted by molar-refractivity contribution is 6.09. The number of fused-ring (bicyclic) bond motifs is 4. The minimum atomic E-state index is -0.0499. The first-order valence-electron chi connectivity index (χ1n) is 13.5. The third kappa shape index (κ3) is 4.21. The fraction of sp³-hybridized carbons (Fsp3) is 0.242. The van der Waals surface area contributed by atoms with E-state index in [1.54, 1.807) is 26.4 Å². The van der Waals surface area contributed by atoms with Crippen molar-refractivity contribution < 1.29 is 14.3 Å². The molecule has 6 nitrogen and oxygen atoms in total. The first-order valence-corrected chi connectivity index (χ1v) is 13.5. The van der Waals surface area contributed by atoms with Crippen molar-refractivity contribution in [2.45, 2.75) is 31.3 Å². The van der Waals surface area contributed by atoms with Gasteiger partial charge in [0.2, 0.25) is 0 Å². The third-order valence-electron chi connectivity index (χ3n) is 7.94. The van der Waals surface area contributed by atoms with E-state index < -0.39 is 0 Å². The Labute approximate surface area is 228 Å². The van der Waals surface area contributed by atoms with Crippen LogP contribution in [0.3, 0.4) is 0 Å². The molecule has 2 atom stereocenters. The lowest BCUT2D eigenvalue weighted by Gasteiger charge is -2.42. The van der Waals surface area contributed by atoms with Gasteiger partial charge in [-0.15, -0.1) is 0 Å². The van der Waals surface area contributed by atoms with Gasteiger partial charge in [0.25, 0.3) is 5.91 Å². The summed E-state index contributed by atoms with van der Waals surface area (Å²) in [6.45, 7) is 0.580. The minimum Gasteiger partial charge on any atom is -0.493 e. The van der Waals surface area contributed by atoms with E-state index in [1.165, 1.54) is 21.8 Å². The number of benzene rings is 4. The lowest BCUT2D eigenvalue weighted by Crippen LogP contribution is -2.46. The molecule has 198 valence electrons. The van der Waals surface area contributed by atoms with Crippen molar-refractivity contribution in [2.24, 2.45) is 5.73 Å². The van der Waals surface area contributed by atoms with E-state index in [2.05, 4.69) is 71.3 Å². The molecule has 0 saturated heterocycles. The maximum atomic E-state index is 14.2. The average Bonchev–Trinajstić information content (AvgIpc) is 3.33. The van der Waals surface area contributed by atoms with Crippen LogP contribution in [0, 0.1) is 0 Å². The van der Waals surface area contributed by atoms with E-state index in [0.717, 1.165) is 30.5 Å². The SMILES string of the molecule is COc1ccc(C(=O)N2c3ccccc3C(n3c4ccccc4c4ccccc43)CC2CCCN)cc1OC. The second-order valence-electron chi connectivity index (χ2n) is 10.0. The molecule has 2 heterocycles. The highest BCUT2D eigenvalue weighted by Gasteiger charge is 2.38. The second kappa shape index (κ2) is 10.5. The van der Waals surface area contributed by atoms with Crippen LogP contribution in [-0.4, -0.2) is 37.3 Å². The predicted molar refractivity (Wildman–Crippen MR) is 157 cm³/mol. The second-order valence-corrected chi connectivity index (χ2v) is 10.0. The molecule has 0 saturated carbocycles. The summed E-state index contributed by atoms with van der Waals surface area (Å²) in [5.41, 5.74) is 11.0. The number of hydrogen-bond donors (Lipinski definition) is 1. The van der Waals surface area contributed by atoms with Crippen LogP contribution in [0.25, 0.3) is 21.8 Å². The summed E-state index contributed by atoms with van der Waals surface area (Å²) in [7, 11) is 3.18. The molecule has 1 aromatic heterocycles. The van der Waals surface area contributed by atoms with Gasteiger partial charge in [0.05, 0.1) is 20.3 Å². The van der Waals surface area contributed by atoms with Gasteiger partial charge >= 0.3 is 0 Å². The molecule has 0 fully saturated rings. The average molecular weight is 520 g/mol. The van der Waals surface area contributed by atoms with Crippen LogP contribution in [0.15, 0.2) is 91.0 Å². The van der Waals surface area contributed by atoms with E-state index in [0.29, 0.717) is 23.6 Å². The van der Waals surface area contributed by atoms with Crippen LogP contribution in [0.5, 0.6) is 11.5 Å². The van der Waals surface area contributed by atoms with Crippen LogP contribution in [-0.2, 0) is 0 Å². The Morgan fingerprint density at radius 1 is 0.846 bits per heavy atom. The zero-order chi connectivity index (χ0) is 26.9. The molecule has 2 N–H and O–H groups in total. The number of methoxy groups -OCH3 is 2. The quantitative estimate of drug-likeness (QED) is 0.264. The molecule has 1 aliphatic heterocycles. The van der Waals surface area contributed by atoms with E-state index in [1.807, 2.05) is 17.0 Å². The zero-order valence-electron chi connectivity index (χ0n) is 22.3. The van der Waals surface area contributed by atoms with Gasteiger partial charge in [0.15, 0.2) is 11.5 Å². The fourth-order valence-corrected chi connectivity index (χ4v) is 6.19. The van der Waals surface area contributed by atoms with Crippen LogP contribution in [0.1, 0.15) is 41.2 Å². The summed E-state index contributed by atoms with van der Waals surface area (Å²) in [5.74, 6) is 1.08. The number of anilines is 1. The monoisotopic (exact) mass is 519 g/mol. The first-order chi connectivity index (χ1) is 19.2. The normalized spacial score (nSPS) is 16.8. The Hall–Kier alpha value is -4.29. The Bertz CT molecular complexity index is 1600. The largest absolute Gasteiger partial charge is 0.493 e. The van der Waals surface area contributed by atoms with Gasteiger partial charge in [0.1, 0.15) is 0 Å². The van der Waals surface area contributed by atoms with Gasteiger partial charge in [-0.05, 0) is 67.8 Å². The molecular formula is C33H33N3O3. The van der Waals surface area contributed by atoms with Crippen molar-refractivity contribution in [1.82, 2.24) is 4.57 Å².